The van der Waals surface area contributed by atoms with Crippen molar-refractivity contribution < 1.29 is 23.1 Å². The molecule has 7 heteroatoms. The number of nitrogens with zero attached hydrogens (tertiary/aromatic N) is 1. The second-order valence-corrected chi connectivity index (χ2v) is 7.02. The SMILES string of the molecule is COc1ccc(S(=O)(=O)N2CCCCC2C)cc1C(=O)O. The van der Waals surface area contributed by atoms with Gasteiger partial charge in [-0.2, -0.15) is 4.31 Å². The molecule has 116 valence electrons. The van der Waals surface area contributed by atoms with Crippen LogP contribution in [0.5, 0.6) is 5.75 Å². The van der Waals surface area contributed by atoms with Crippen molar-refractivity contribution in [3.05, 3.63) is 23.8 Å². The zero-order chi connectivity index (χ0) is 15.6. The van der Waals surface area contributed by atoms with Crippen molar-refractivity contribution in [1.29, 1.82) is 0 Å². The van der Waals surface area contributed by atoms with Crippen LogP contribution in [0.3, 0.4) is 0 Å². The lowest BCUT2D eigenvalue weighted by molar-refractivity contribution is 0.0693. The molecule has 0 aromatic heterocycles. The van der Waals surface area contributed by atoms with Gasteiger partial charge in [-0.25, -0.2) is 13.2 Å². The first-order chi connectivity index (χ1) is 9.87. The summed E-state index contributed by atoms with van der Waals surface area (Å²) in [6.07, 6.45) is 2.66. The van der Waals surface area contributed by atoms with Gasteiger partial charge >= 0.3 is 5.97 Å². The van der Waals surface area contributed by atoms with E-state index in [9.17, 15) is 13.2 Å². The highest BCUT2D eigenvalue weighted by molar-refractivity contribution is 7.89. The Balaban J connectivity index is 2.45. The normalized spacial score (nSPS) is 20.2. The highest BCUT2D eigenvalue weighted by Crippen LogP contribution is 2.28. The fourth-order valence-electron chi connectivity index (χ4n) is 2.58. The number of methoxy groups -OCH3 is 1. The van der Waals surface area contributed by atoms with E-state index in [1.54, 1.807) is 0 Å². The number of benzene rings is 1. The van der Waals surface area contributed by atoms with E-state index in [-0.39, 0.29) is 22.3 Å². The Bertz CT molecular complexity index is 641. The summed E-state index contributed by atoms with van der Waals surface area (Å²) in [5.41, 5.74) is -0.150. The summed E-state index contributed by atoms with van der Waals surface area (Å²) >= 11 is 0. The molecule has 1 saturated heterocycles. The summed E-state index contributed by atoms with van der Waals surface area (Å²) in [7, 11) is -2.33. The van der Waals surface area contributed by atoms with Crippen molar-refractivity contribution in [3.63, 3.8) is 0 Å². The van der Waals surface area contributed by atoms with Gasteiger partial charge < -0.3 is 9.84 Å². The zero-order valence-corrected chi connectivity index (χ0v) is 12.9. The fraction of sp³-hybridized carbons (Fsp3) is 0.500. The summed E-state index contributed by atoms with van der Waals surface area (Å²) in [6.45, 7) is 2.34. The molecule has 1 N–H and O–H groups in total. The number of carbonyl (C=O) groups is 1. The molecule has 1 aliphatic rings. The van der Waals surface area contributed by atoms with Crippen molar-refractivity contribution in [2.45, 2.75) is 37.1 Å². The predicted molar refractivity (Wildman–Crippen MR) is 77.2 cm³/mol. The lowest BCUT2D eigenvalue weighted by Gasteiger charge is -2.32. The smallest absolute Gasteiger partial charge is 0.339 e. The topological polar surface area (TPSA) is 83.9 Å². The van der Waals surface area contributed by atoms with Crippen LogP contribution in [0.2, 0.25) is 0 Å². The molecule has 0 amide bonds. The Kier molecular flexibility index (Phi) is 4.53. The number of hydrogen-bond donors (Lipinski definition) is 1. The van der Waals surface area contributed by atoms with Crippen LogP contribution in [0, 0.1) is 0 Å². The lowest BCUT2D eigenvalue weighted by Crippen LogP contribution is -2.41. The molecule has 1 aliphatic heterocycles. The van der Waals surface area contributed by atoms with Crippen LogP contribution in [0.1, 0.15) is 36.5 Å². The second kappa shape index (κ2) is 6.03. The van der Waals surface area contributed by atoms with Crippen LogP contribution >= 0.6 is 0 Å². The number of carboxylic acid groups (broad SMARTS) is 1. The average molecular weight is 313 g/mol. The van der Waals surface area contributed by atoms with E-state index >= 15 is 0 Å². The van der Waals surface area contributed by atoms with Gasteiger partial charge in [-0.1, -0.05) is 6.42 Å². The number of piperidine rings is 1. The van der Waals surface area contributed by atoms with E-state index in [4.69, 9.17) is 9.84 Å². The van der Waals surface area contributed by atoms with Crippen LogP contribution in [-0.4, -0.2) is 43.5 Å². The Morgan fingerprint density at radius 3 is 2.67 bits per heavy atom. The quantitative estimate of drug-likeness (QED) is 0.918. The van der Waals surface area contributed by atoms with Crippen molar-refractivity contribution in [2.24, 2.45) is 0 Å². The molecule has 21 heavy (non-hydrogen) atoms. The first kappa shape index (κ1) is 15.8. The summed E-state index contributed by atoms with van der Waals surface area (Å²) in [4.78, 5) is 11.2. The maximum atomic E-state index is 12.7. The molecule has 2 rings (SSSR count). The van der Waals surface area contributed by atoms with Gasteiger partial charge in [-0.3, -0.25) is 0 Å². The molecule has 1 fully saturated rings. The molecule has 6 nitrogen and oxygen atoms in total. The van der Waals surface area contributed by atoms with Gasteiger partial charge in [0.1, 0.15) is 11.3 Å². The van der Waals surface area contributed by atoms with Gasteiger partial charge in [0.15, 0.2) is 0 Å². The van der Waals surface area contributed by atoms with Crippen molar-refractivity contribution in [3.8, 4) is 5.75 Å². The van der Waals surface area contributed by atoms with Gasteiger partial charge in [-0.05, 0) is 38.0 Å². The first-order valence-corrected chi connectivity index (χ1v) is 8.25. The summed E-state index contributed by atoms with van der Waals surface area (Å²) in [5, 5.41) is 9.16. The molecule has 1 heterocycles. The number of aromatic carboxylic acids is 1. The maximum Gasteiger partial charge on any atom is 0.339 e. The molecular weight excluding hydrogens is 294 g/mol. The lowest BCUT2D eigenvalue weighted by atomic mass is 10.1. The molecular formula is C14H19NO5S. The van der Waals surface area contributed by atoms with Crippen LogP contribution < -0.4 is 4.74 Å². The molecule has 1 aromatic carbocycles. The second-order valence-electron chi connectivity index (χ2n) is 5.13. The van der Waals surface area contributed by atoms with E-state index in [1.807, 2.05) is 6.92 Å². The largest absolute Gasteiger partial charge is 0.496 e. The molecule has 0 saturated carbocycles. The van der Waals surface area contributed by atoms with E-state index in [0.717, 1.165) is 25.3 Å². The highest BCUT2D eigenvalue weighted by atomic mass is 32.2. The Labute approximate surface area is 124 Å². The zero-order valence-electron chi connectivity index (χ0n) is 12.1. The molecule has 0 spiro atoms. The minimum Gasteiger partial charge on any atom is -0.496 e. The number of ether oxygens (including phenoxy) is 1. The standard InChI is InChI=1S/C14H19NO5S/c1-10-5-3-4-8-15(10)21(18,19)11-6-7-13(20-2)12(9-11)14(16)17/h6-7,9-10H,3-5,8H2,1-2H3,(H,16,17). The van der Waals surface area contributed by atoms with Gasteiger partial charge in [0.2, 0.25) is 10.0 Å². The van der Waals surface area contributed by atoms with E-state index in [2.05, 4.69) is 0 Å². The minimum atomic E-state index is -3.68. The third-order valence-corrected chi connectivity index (χ3v) is 5.76. The number of hydrogen-bond acceptors (Lipinski definition) is 4. The van der Waals surface area contributed by atoms with Gasteiger partial charge in [0.25, 0.3) is 0 Å². The van der Waals surface area contributed by atoms with Gasteiger partial charge in [0.05, 0.1) is 12.0 Å². The molecule has 0 bridgehead atoms. The first-order valence-electron chi connectivity index (χ1n) is 6.81. The van der Waals surface area contributed by atoms with Crippen LogP contribution in [0.4, 0.5) is 0 Å². The molecule has 0 radical (unpaired) electrons. The van der Waals surface area contributed by atoms with Crippen molar-refractivity contribution in [1.82, 2.24) is 4.31 Å². The highest BCUT2D eigenvalue weighted by Gasteiger charge is 2.31. The van der Waals surface area contributed by atoms with E-state index < -0.39 is 16.0 Å². The Hall–Kier alpha value is -1.60. The average Bonchev–Trinajstić information content (AvgIpc) is 2.46. The fourth-order valence-corrected chi connectivity index (χ4v) is 4.31. The van der Waals surface area contributed by atoms with Crippen molar-refractivity contribution >= 4 is 16.0 Å². The molecule has 1 atom stereocenters. The van der Waals surface area contributed by atoms with Gasteiger partial charge in [0, 0.05) is 12.6 Å². The third kappa shape index (κ3) is 3.03. The monoisotopic (exact) mass is 313 g/mol. The minimum absolute atomic E-state index is 0.00514. The number of sulfonamides is 1. The Morgan fingerprint density at radius 1 is 1.38 bits per heavy atom. The van der Waals surface area contributed by atoms with Crippen LogP contribution in [-0.2, 0) is 10.0 Å². The van der Waals surface area contributed by atoms with E-state index in [0.29, 0.717) is 6.54 Å². The summed E-state index contributed by atoms with van der Waals surface area (Å²) < 4.78 is 31.7. The molecule has 0 aliphatic carbocycles. The van der Waals surface area contributed by atoms with E-state index in [1.165, 1.54) is 23.5 Å². The molecule has 1 unspecified atom stereocenters. The number of rotatable bonds is 4. The van der Waals surface area contributed by atoms with Crippen LogP contribution in [0.15, 0.2) is 23.1 Å². The van der Waals surface area contributed by atoms with Crippen molar-refractivity contribution in [2.75, 3.05) is 13.7 Å². The third-order valence-electron chi connectivity index (χ3n) is 3.75. The van der Waals surface area contributed by atoms with Gasteiger partial charge in [-0.15, -0.1) is 0 Å². The predicted octanol–water partition coefficient (Wildman–Crippen LogP) is 1.96. The Morgan fingerprint density at radius 2 is 2.10 bits per heavy atom. The maximum absolute atomic E-state index is 12.7. The molecule has 1 aromatic rings. The summed E-state index contributed by atoms with van der Waals surface area (Å²) in [6, 6.07) is 3.86. The van der Waals surface area contributed by atoms with Crippen LogP contribution in [0.25, 0.3) is 0 Å². The number of carboxylic acids is 1. The summed E-state index contributed by atoms with van der Waals surface area (Å²) in [5.74, 6) is -1.07.